The summed E-state index contributed by atoms with van der Waals surface area (Å²) in [6.45, 7) is 16.0. The SMILES string of the molecule is CCCCCc1cc(C2=C(CCCC)C=C(c3cc(CC)c(CC)c(CC)c3)[N+]2=[N-])cc(CCCCC)c1CCCCC. The first-order valence-electron chi connectivity index (χ1n) is 18.2. The van der Waals surface area contributed by atoms with Crippen LogP contribution in [0.15, 0.2) is 35.9 Å². The zero-order chi connectivity index (χ0) is 31.2. The molecule has 236 valence electrons. The number of rotatable bonds is 20. The molecule has 0 saturated heterocycles. The van der Waals surface area contributed by atoms with Gasteiger partial charge in [0.2, 0.25) is 11.4 Å². The summed E-state index contributed by atoms with van der Waals surface area (Å²) in [6.07, 6.45) is 23.5. The van der Waals surface area contributed by atoms with Gasteiger partial charge in [-0.1, -0.05) is 93.4 Å². The molecule has 43 heavy (non-hydrogen) atoms. The minimum atomic E-state index is 0.945. The van der Waals surface area contributed by atoms with Crippen molar-refractivity contribution < 1.29 is 4.70 Å². The second-order valence-electron chi connectivity index (χ2n) is 12.8. The minimum absolute atomic E-state index is 0.945. The van der Waals surface area contributed by atoms with E-state index in [1.165, 1.54) is 103 Å². The molecule has 0 amide bonds. The van der Waals surface area contributed by atoms with Crippen LogP contribution in [0.2, 0.25) is 0 Å². The summed E-state index contributed by atoms with van der Waals surface area (Å²) in [5.41, 5.74) is 26.7. The Bertz CT molecular complexity index is 1200. The minimum Gasteiger partial charge on any atom is -0.493 e. The van der Waals surface area contributed by atoms with Gasteiger partial charge in [0.15, 0.2) is 0 Å². The molecule has 3 rings (SSSR count). The smallest absolute Gasteiger partial charge is 0.210 e. The Labute approximate surface area is 265 Å². The Morgan fingerprint density at radius 2 is 0.977 bits per heavy atom. The van der Waals surface area contributed by atoms with Crippen molar-refractivity contribution >= 4 is 11.4 Å². The van der Waals surface area contributed by atoms with Crippen LogP contribution in [-0.4, -0.2) is 4.70 Å². The lowest BCUT2D eigenvalue weighted by molar-refractivity contribution is -0.344. The molecule has 1 aliphatic rings. The highest BCUT2D eigenvalue weighted by molar-refractivity contribution is 5.79. The molecule has 0 radical (unpaired) electrons. The van der Waals surface area contributed by atoms with Gasteiger partial charge in [0.1, 0.15) is 0 Å². The van der Waals surface area contributed by atoms with Crippen LogP contribution in [0.1, 0.15) is 170 Å². The summed E-state index contributed by atoms with van der Waals surface area (Å²) in [5, 5.41) is 0. The van der Waals surface area contributed by atoms with Gasteiger partial charge in [-0.05, 0) is 128 Å². The first kappa shape index (κ1) is 35.0. The predicted molar refractivity (Wildman–Crippen MR) is 189 cm³/mol. The van der Waals surface area contributed by atoms with Crippen molar-refractivity contribution in [1.29, 1.82) is 0 Å². The van der Waals surface area contributed by atoms with Gasteiger partial charge in [0.25, 0.3) is 0 Å². The fraction of sp³-hybridized carbons (Fsp3) is 0.610. The summed E-state index contributed by atoms with van der Waals surface area (Å²) < 4.78 is 1.56. The van der Waals surface area contributed by atoms with E-state index in [-0.39, 0.29) is 0 Å². The summed E-state index contributed by atoms with van der Waals surface area (Å²) in [5.74, 6) is 0. The van der Waals surface area contributed by atoms with Crippen LogP contribution in [0.25, 0.3) is 16.9 Å². The fourth-order valence-corrected chi connectivity index (χ4v) is 7.04. The monoisotopic (exact) mass is 582 g/mol. The van der Waals surface area contributed by atoms with Crippen LogP contribution in [0, 0.1) is 0 Å². The number of allylic oxidation sites excluding steroid dienone is 2. The Morgan fingerprint density at radius 3 is 1.44 bits per heavy atom. The third-order valence-electron chi connectivity index (χ3n) is 9.54. The first-order chi connectivity index (χ1) is 21.0. The molecule has 0 aromatic heterocycles. The molecule has 0 unspecified atom stereocenters. The maximum atomic E-state index is 12.0. The Balaban J connectivity index is 2.15. The second kappa shape index (κ2) is 18.4. The van der Waals surface area contributed by atoms with E-state index in [1.807, 2.05) is 0 Å². The molecule has 2 aromatic rings. The highest BCUT2D eigenvalue weighted by atomic mass is 15.2. The molecule has 0 bridgehead atoms. The summed E-state index contributed by atoms with van der Waals surface area (Å²) in [4.78, 5) is 0. The van der Waals surface area contributed by atoms with Crippen molar-refractivity contribution in [3.05, 3.63) is 86.0 Å². The van der Waals surface area contributed by atoms with E-state index in [9.17, 15) is 5.53 Å². The van der Waals surface area contributed by atoms with E-state index in [0.717, 1.165) is 68.3 Å². The van der Waals surface area contributed by atoms with E-state index in [4.69, 9.17) is 0 Å². The van der Waals surface area contributed by atoms with Crippen molar-refractivity contribution in [2.24, 2.45) is 0 Å². The van der Waals surface area contributed by atoms with Gasteiger partial charge in [0.05, 0.1) is 0 Å². The molecule has 2 heteroatoms. The molecular weight excluding hydrogens is 520 g/mol. The van der Waals surface area contributed by atoms with Crippen molar-refractivity contribution in [1.82, 2.24) is 0 Å². The average molecular weight is 583 g/mol. The molecule has 0 atom stereocenters. The third kappa shape index (κ3) is 9.02. The second-order valence-corrected chi connectivity index (χ2v) is 12.8. The van der Waals surface area contributed by atoms with Gasteiger partial charge in [-0.15, -0.1) is 0 Å². The molecule has 2 nitrogen and oxygen atoms in total. The number of benzene rings is 2. The van der Waals surface area contributed by atoms with E-state index in [0.29, 0.717) is 0 Å². The first-order valence-corrected chi connectivity index (χ1v) is 18.2. The maximum absolute atomic E-state index is 12.0. The molecule has 0 aliphatic carbocycles. The fourth-order valence-electron chi connectivity index (χ4n) is 7.04. The average Bonchev–Trinajstić information content (AvgIpc) is 3.35. The van der Waals surface area contributed by atoms with E-state index >= 15 is 0 Å². The lowest BCUT2D eigenvalue weighted by atomic mass is 9.87. The van der Waals surface area contributed by atoms with Crippen molar-refractivity contribution in [3.63, 3.8) is 0 Å². The van der Waals surface area contributed by atoms with E-state index < -0.39 is 0 Å². The van der Waals surface area contributed by atoms with Crippen molar-refractivity contribution in [2.45, 2.75) is 164 Å². The van der Waals surface area contributed by atoms with Gasteiger partial charge in [-0.3, -0.25) is 0 Å². The van der Waals surface area contributed by atoms with Crippen LogP contribution in [0.5, 0.6) is 0 Å². The summed E-state index contributed by atoms with van der Waals surface area (Å²) >= 11 is 0. The lowest BCUT2D eigenvalue weighted by Crippen LogP contribution is -2.08. The molecule has 0 spiro atoms. The predicted octanol–water partition coefficient (Wildman–Crippen LogP) is 12.6. The maximum Gasteiger partial charge on any atom is 0.210 e. The van der Waals surface area contributed by atoms with Crippen molar-refractivity contribution in [2.75, 3.05) is 0 Å². The Kier molecular flexibility index (Phi) is 14.9. The zero-order valence-electron chi connectivity index (χ0n) is 29.0. The van der Waals surface area contributed by atoms with E-state index in [2.05, 4.69) is 78.8 Å². The van der Waals surface area contributed by atoms with Crippen molar-refractivity contribution in [3.8, 4) is 0 Å². The molecule has 0 saturated carbocycles. The normalized spacial score (nSPS) is 13.4. The quantitative estimate of drug-likeness (QED) is 0.110. The summed E-state index contributed by atoms with van der Waals surface area (Å²) in [6, 6.07) is 9.63. The van der Waals surface area contributed by atoms with Crippen LogP contribution in [0.3, 0.4) is 0 Å². The Hall–Kier alpha value is -2.48. The third-order valence-corrected chi connectivity index (χ3v) is 9.54. The summed E-state index contributed by atoms with van der Waals surface area (Å²) in [7, 11) is 0. The van der Waals surface area contributed by atoms with Gasteiger partial charge < -0.3 is 5.53 Å². The van der Waals surface area contributed by atoms with Gasteiger partial charge in [0, 0.05) is 22.8 Å². The van der Waals surface area contributed by atoms with Gasteiger partial charge in [-0.25, -0.2) is 4.70 Å². The lowest BCUT2D eigenvalue weighted by Gasteiger charge is -2.19. The molecular formula is C41H62N2. The van der Waals surface area contributed by atoms with E-state index in [1.54, 1.807) is 10.3 Å². The van der Waals surface area contributed by atoms with Crippen LogP contribution < -0.4 is 0 Å². The highest BCUT2D eigenvalue weighted by Crippen LogP contribution is 2.40. The van der Waals surface area contributed by atoms with Crippen LogP contribution >= 0.6 is 0 Å². The van der Waals surface area contributed by atoms with Gasteiger partial charge >= 0.3 is 0 Å². The topological polar surface area (TPSA) is 25.3 Å². The molecule has 1 heterocycles. The zero-order valence-corrected chi connectivity index (χ0v) is 29.0. The number of hydrogen-bond donors (Lipinski definition) is 0. The van der Waals surface area contributed by atoms with Gasteiger partial charge in [-0.2, -0.15) is 0 Å². The standard InChI is InChI=1S/C41H62N2/c1-8-15-19-23-33-28-37(29-34(24-20-16-9-2)39(33)25-21-17-10-3)41-35(22-18-11-4)30-40(43(41)42)36-26-31(12-5)38(14-7)32(13-6)27-36/h26-30H,8-25H2,1-7H3. The molecule has 2 aromatic carbocycles. The Morgan fingerprint density at radius 1 is 0.488 bits per heavy atom. The van der Waals surface area contributed by atoms with Crippen LogP contribution in [-0.2, 0) is 38.5 Å². The largest absolute Gasteiger partial charge is 0.493 e. The molecule has 1 aliphatic heterocycles. The molecule has 0 fully saturated rings. The number of nitrogens with zero attached hydrogens (tertiary/aromatic N) is 2. The molecule has 0 N–H and O–H groups in total. The number of unbranched alkanes of at least 4 members (excludes halogenated alkanes) is 7. The highest BCUT2D eigenvalue weighted by Gasteiger charge is 2.30. The number of aryl methyl sites for hydroxylation is 4. The number of hydrogen-bond acceptors (Lipinski definition) is 0. The van der Waals surface area contributed by atoms with Crippen LogP contribution in [0.4, 0.5) is 0 Å².